The molecule has 2 amide bonds. The molecule has 0 aliphatic heterocycles. The number of ketones is 1. The minimum Gasteiger partial charge on any atom is -0.444 e. The molecule has 0 aromatic heterocycles. The van der Waals surface area contributed by atoms with Crippen molar-refractivity contribution in [2.45, 2.75) is 52.3 Å². The molecule has 0 aliphatic carbocycles. The Morgan fingerprint density at radius 1 is 1.09 bits per heavy atom. The number of hydrogen-bond donors (Lipinski definition) is 3. The van der Waals surface area contributed by atoms with Crippen molar-refractivity contribution in [1.29, 1.82) is 0 Å². The number of thioether (sulfide) groups is 1. The Balaban J connectivity index is 4.91. The maximum atomic E-state index is 12.2. The fourth-order valence-electron chi connectivity index (χ4n) is 1.38. The Morgan fingerprint density at radius 2 is 1.65 bits per heavy atom. The van der Waals surface area contributed by atoms with Crippen LogP contribution in [0.1, 0.15) is 34.6 Å². The second-order valence-electron chi connectivity index (χ2n) is 5.86. The van der Waals surface area contributed by atoms with Crippen LogP contribution in [0.25, 0.3) is 0 Å². The summed E-state index contributed by atoms with van der Waals surface area (Å²) >= 11 is 4.90. The van der Waals surface area contributed by atoms with Gasteiger partial charge in [-0.3, -0.25) is 14.4 Å². The van der Waals surface area contributed by atoms with Crippen molar-refractivity contribution in [2.24, 2.45) is 0 Å². The predicted molar refractivity (Wildman–Crippen MR) is 92.8 cm³/mol. The van der Waals surface area contributed by atoms with Gasteiger partial charge in [0.15, 0.2) is 10.9 Å². The fourth-order valence-corrected chi connectivity index (χ4v) is 2.37. The Labute approximate surface area is 146 Å². The number of Topliss-reactive ketones (excluding diaryl/α,β-unsaturated/α-hetero) is 1. The highest BCUT2D eigenvalue weighted by Crippen LogP contribution is 2.09. The van der Waals surface area contributed by atoms with E-state index >= 15 is 0 Å². The maximum Gasteiger partial charge on any atom is 0.408 e. The summed E-state index contributed by atoms with van der Waals surface area (Å²) in [4.78, 5) is 46.5. The molecule has 0 saturated heterocycles. The molecular formula is C14H24N2O5S2. The van der Waals surface area contributed by atoms with Crippen LogP contribution in [0, 0.1) is 0 Å². The highest BCUT2D eigenvalue weighted by atomic mass is 32.2. The highest BCUT2D eigenvalue weighted by Gasteiger charge is 2.27. The summed E-state index contributed by atoms with van der Waals surface area (Å²) in [5.74, 6) is -0.639. The molecule has 132 valence electrons. The molecule has 0 saturated carbocycles. The van der Waals surface area contributed by atoms with Crippen LogP contribution in [-0.4, -0.2) is 52.1 Å². The van der Waals surface area contributed by atoms with E-state index in [0.717, 1.165) is 11.8 Å². The standard InChI is InChI=1S/C14H24N2O5S2/c1-8(17)10(6-22)15-12(19)11(7-23-9(2)18)16-13(20)21-14(3,4)5/h10-11,22H,6-7H2,1-5H3,(H,15,19)(H,16,20)/t10?,11-/m0/s1. The van der Waals surface area contributed by atoms with Crippen molar-refractivity contribution in [2.75, 3.05) is 11.5 Å². The van der Waals surface area contributed by atoms with Gasteiger partial charge in [-0.25, -0.2) is 4.79 Å². The molecular weight excluding hydrogens is 340 g/mol. The molecule has 2 atom stereocenters. The second kappa shape index (κ2) is 9.82. The van der Waals surface area contributed by atoms with Crippen LogP contribution in [0.4, 0.5) is 4.79 Å². The third kappa shape index (κ3) is 10.2. The Morgan fingerprint density at radius 3 is 2.04 bits per heavy atom. The van der Waals surface area contributed by atoms with Gasteiger partial charge in [0.1, 0.15) is 11.6 Å². The zero-order chi connectivity index (χ0) is 18.2. The Kier molecular flexibility index (Phi) is 9.29. The molecule has 1 unspecified atom stereocenters. The fraction of sp³-hybridized carbons (Fsp3) is 0.714. The van der Waals surface area contributed by atoms with Gasteiger partial charge in [0.2, 0.25) is 5.91 Å². The van der Waals surface area contributed by atoms with Gasteiger partial charge in [-0.05, 0) is 27.7 Å². The van der Waals surface area contributed by atoms with Crippen LogP contribution in [0.3, 0.4) is 0 Å². The third-order valence-electron chi connectivity index (χ3n) is 2.45. The predicted octanol–water partition coefficient (Wildman–Crippen LogP) is 1.16. The summed E-state index contributed by atoms with van der Waals surface area (Å²) in [6.07, 6.45) is -0.771. The lowest BCUT2D eigenvalue weighted by molar-refractivity contribution is -0.127. The SMILES string of the molecule is CC(=O)SC[C@H](NC(=O)OC(C)(C)C)C(=O)NC(CS)C(C)=O. The van der Waals surface area contributed by atoms with Crippen molar-refractivity contribution in [3.63, 3.8) is 0 Å². The maximum absolute atomic E-state index is 12.2. The molecule has 9 heteroatoms. The number of alkyl carbamates (subject to hydrolysis) is 1. The molecule has 0 fully saturated rings. The van der Waals surface area contributed by atoms with Gasteiger partial charge in [-0.15, -0.1) is 0 Å². The van der Waals surface area contributed by atoms with E-state index in [4.69, 9.17) is 4.74 Å². The van der Waals surface area contributed by atoms with Gasteiger partial charge in [0.25, 0.3) is 0 Å². The van der Waals surface area contributed by atoms with Crippen LogP contribution in [-0.2, 0) is 19.1 Å². The van der Waals surface area contributed by atoms with Crippen molar-refractivity contribution in [3.8, 4) is 0 Å². The first-order valence-corrected chi connectivity index (χ1v) is 8.62. The van der Waals surface area contributed by atoms with E-state index in [2.05, 4.69) is 23.3 Å². The first-order chi connectivity index (χ1) is 10.5. The molecule has 0 bridgehead atoms. The minimum atomic E-state index is -1.000. The van der Waals surface area contributed by atoms with E-state index in [9.17, 15) is 19.2 Å². The second-order valence-corrected chi connectivity index (χ2v) is 7.42. The lowest BCUT2D eigenvalue weighted by Crippen LogP contribution is -2.53. The average Bonchev–Trinajstić information content (AvgIpc) is 2.37. The summed E-state index contributed by atoms with van der Waals surface area (Å²) in [5, 5.41) is 4.72. The number of hydrogen-bond acceptors (Lipinski definition) is 7. The number of carbonyl (C=O) groups excluding carboxylic acids is 4. The van der Waals surface area contributed by atoms with E-state index in [1.165, 1.54) is 13.8 Å². The van der Waals surface area contributed by atoms with Crippen molar-refractivity contribution in [3.05, 3.63) is 0 Å². The summed E-state index contributed by atoms with van der Waals surface area (Å²) in [6.45, 7) is 7.77. The molecule has 0 aliphatic rings. The van der Waals surface area contributed by atoms with E-state index < -0.39 is 29.7 Å². The zero-order valence-corrected chi connectivity index (χ0v) is 15.7. The number of ether oxygens (including phenoxy) is 1. The zero-order valence-electron chi connectivity index (χ0n) is 14.0. The van der Waals surface area contributed by atoms with Crippen LogP contribution in [0.15, 0.2) is 0 Å². The molecule has 0 spiro atoms. The normalized spacial score (nSPS) is 13.7. The van der Waals surface area contributed by atoms with Crippen LogP contribution < -0.4 is 10.6 Å². The monoisotopic (exact) mass is 364 g/mol. The number of nitrogens with one attached hydrogen (secondary N) is 2. The molecule has 0 aromatic carbocycles. The van der Waals surface area contributed by atoms with Gasteiger partial charge in [-0.1, -0.05) is 11.8 Å². The molecule has 0 aromatic rings. The molecule has 0 rings (SSSR count). The van der Waals surface area contributed by atoms with E-state index in [-0.39, 0.29) is 22.4 Å². The summed E-state index contributed by atoms with van der Waals surface area (Å²) in [7, 11) is 0. The van der Waals surface area contributed by atoms with Gasteiger partial charge in [0.05, 0.1) is 6.04 Å². The van der Waals surface area contributed by atoms with Gasteiger partial charge < -0.3 is 15.4 Å². The van der Waals surface area contributed by atoms with Crippen molar-refractivity contribution >= 4 is 47.3 Å². The van der Waals surface area contributed by atoms with Crippen molar-refractivity contribution < 1.29 is 23.9 Å². The number of rotatable bonds is 7. The van der Waals surface area contributed by atoms with E-state index in [1.54, 1.807) is 20.8 Å². The third-order valence-corrected chi connectivity index (χ3v) is 3.72. The van der Waals surface area contributed by atoms with Crippen LogP contribution >= 0.6 is 24.4 Å². The van der Waals surface area contributed by atoms with Crippen molar-refractivity contribution in [1.82, 2.24) is 10.6 Å². The lowest BCUT2D eigenvalue weighted by Gasteiger charge is -2.24. The molecule has 2 N–H and O–H groups in total. The molecule has 0 radical (unpaired) electrons. The largest absolute Gasteiger partial charge is 0.444 e. The van der Waals surface area contributed by atoms with Gasteiger partial charge in [-0.2, -0.15) is 12.6 Å². The quantitative estimate of drug-likeness (QED) is 0.586. The summed E-state index contributed by atoms with van der Waals surface area (Å²) in [5.41, 5.74) is -0.716. The number of amides is 2. The average molecular weight is 364 g/mol. The summed E-state index contributed by atoms with van der Waals surface area (Å²) in [6, 6.07) is -1.75. The van der Waals surface area contributed by atoms with E-state index in [0.29, 0.717) is 0 Å². The molecule has 0 heterocycles. The minimum absolute atomic E-state index is 0.0393. The topological polar surface area (TPSA) is 102 Å². The van der Waals surface area contributed by atoms with Crippen LogP contribution in [0.5, 0.6) is 0 Å². The Bertz CT molecular complexity index is 463. The highest BCUT2D eigenvalue weighted by molar-refractivity contribution is 8.13. The number of carbonyl (C=O) groups is 4. The molecule has 23 heavy (non-hydrogen) atoms. The first kappa shape index (κ1) is 21.8. The van der Waals surface area contributed by atoms with E-state index in [1.807, 2.05) is 0 Å². The number of thiol groups is 1. The van der Waals surface area contributed by atoms with Gasteiger partial charge >= 0.3 is 6.09 Å². The lowest BCUT2D eigenvalue weighted by atomic mass is 10.2. The first-order valence-electron chi connectivity index (χ1n) is 7.00. The smallest absolute Gasteiger partial charge is 0.408 e. The van der Waals surface area contributed by atoms with Crippen LogP contribution in [0.2, 0.25) is 0 Å². The van der Waals surface area contributed by atoms with Gasteiger partial charge in [0, 0.05) is 18.4 Å². The molecule has 7 nitrogen and oxygen atoms in total. The Hall–Kier alpha value is -1.22. The summed E-state index contributed by atoms with van der Waals surface area (Å²) < 4.78 is 5.10.